The lowest BCUT2D eigenvalue weighted by atomic mass is 9.96. The minimum atomic E-state index is -0.445. The highest BCUT2D eigenvalue weighted by atomic mass is 16.5. The molecule has 6 rings (SSSR count). The second-order valence-corrected chi connectivity index (χ2v) is 8.63. The molecule has 32 heavy (non-hydrogen) atoms. The van der Waals surface area contributed by atoms with Crippen LogP contribution in [0, 0.1) is 23.2 Å². The molecule has 1 saturated heterocycles. The van der Waals surface area contributed by atoms with Gasteiger partial charge in [-0.25, -0.2) is 4.98 Å². The molecule has 3 aliphatic rings. The number of fused-ring (bicyclic) bond motifs is 2. The predicted octanol–water partition coefficient (Wildman–Crippen LogP) is 3.75. The minimum Gasteiger partial charge on any atom is -0.494 e. The van der Waals surface area contributed by atoms with Gasteiger partial charge in [0.25, 0.3) is 0 Å². The largest absolute Gasteiger partial charge is 0.494 e. The number of hydrogen-bond acceptors (Lipinski definition) is 6. The van der Waals surface area contributed by atoms with Gasteiger partial charge >= 0.3 is 0 Å². The van der Waals surface area contributed by atoms with Crippen LogP contribution in [0.3, 0.4) is 0 Å². The lowest BCUT2D eigenvalue weighted by Gasteiger charge is -2.24. The zero-order chi connectivity index (χ0) is 21.7. The molecule has 0 radical (unpaired) electrons. The summed E-state index contributed by atoms with van der Waals surface area (Å²) < 4.78 is 5.70. The van der Waals surface area contributed by atoms with E-state index in [1.54, 1.807) is 6.20 Å². The molecule has 2 unspecified atom stereocenters. The lowest BCUT2D eigenvalue weighted by Crippen LogP contribution is -2.30. The molecule has 6 nitrogen and oxygen atoms in total. The highest BCUT2D eigenvalue weighted by molar-refractivity contribution is 6.15. The fourth-order valence-electron chi connectivity index (χ4n) is 5.43. The summed E-state index contributed by atoms with van der Waals surface area (Å²) in [6.07, 6.45) is 3.64. The van der Waals surface area contributed by atoms with Crippen molar-refractivity contribution in [3.05, 3.63) is 83.3 Å². The molecule has 0 N–H and O–H groups in total. The van der Waals surface area contributed by atoms with E-state index in [0.717, 1.165) is 47.2 Å². The summed E-state index contributed by atoms with van der Waals surface area (Å²) in [6.45, 7) is 4.97. The van der Waals surface area contributed by atoms with Gasteiger partial charge in [-0.3, -0.25) is 9.98 Å². The molecule has 1 aliphatic carbocycles. The van der Waals surface area contributed by atoms with Gasteiger partial charge in [-0.05, 0) is 48.9 Å². The van der Waals surface area contributed by atoms with Gasteiger partial charge in [0.05, 0.1) is 30.6 Å². The first-order chi connectivity index (χ1) is 15.7. The van der Waals surface area contributed by atoms with E-state index in [2.05, 4.69) is 39.1 Å². The van der Waals surface area contributed by atoms with Crippen molar-refractivity contribution >= 4 is 11.5 Å². The van der Waals surface area contributed by atoms with Crippen LogP contribution >= 0.6 is 0 Å². The average Bonchev–Trinajstić information content (AvgIpc) is 3.15. The normalized spacial score (nSPS) is 25.0. The van der Waals surface area contributed by atoms with Gasteiger partial charge in [-0.2, -0.15) is 5.26 Å². The number of aliphatic imine (C=N–C) groups is 1. The topological polar surface area (TPSA) is 74.4 Å². The fourth-order valence-corrected chi connectivity index (χ4v) is 5.43. The summed E-state index contributed by atoms with van der Waals surface area (Å²) in [5.41, 5.74) is 4.88. The van der Waals surface area contributed by atoms with Gasteiger partial charge in [-0.1, -0.05) is 12.1 Å². The van der Waals surface area contributed by atoms with Crippen molar-refractivity contribution in [2.45, 2.75) is 18.9 Å². The molecule has 2 fully saturated rings. The van der Waals surface area contributed by atoms with Gasteiger partial charge in [0, 0.05) is 48.4 Å². The lowest BCUT2D eigenvalue weighted by molar-refractivity contribution is 0.340. The summed E-state index contributed by atoms with van der Waals surface area (Å²) in [7, 11) is 0. The minimum absolute atomic E-state index is 0.297. The number of nitrogens with zero attached hydrogens (tertiary/aromatic N) is 5. The molecule has 6 heteroatoms. The SMILES string of the molecule is CCOc1ccc2c(c1)C(c1ccnc(N3CC4C(C3)C4(C#N)c3ccccn3)c1)=NC2. The van der Waals surface area contributed by atoms with Crippen LogP contribution in [0.1, 0.15) is 29.3 Å². The second kappa shape index (κ2) is 7.16. The van der Waals surface area contributed by atoms with Crippen LogP contribution in [0.4, 0.5) is 5.82 Å². The molecule has 4 heterocycles. The number of rotatable bonds is 5. The van der Waals surface area contributed by atoms with Gasteiger partial charge < -0.3 is 9.64 Å². The standard InChI is InChI=1S/C26H23N5O/c1-2-32-19-7-6-18-13-30-25(20(18)12-19)17-8-10-29-24(11-17)31-14-21-22(15-31)26(21,16-27)23-5-3-4-9-28-23/h3-12,21-22H,2,13-15H2,1H3. The van der Waals surface area contributed by atoms with Crippen LogP contribution in [-0.2, 0) is 12.0 Å². The quantitative estimate of drug-likeness (QED) is 0.627. The maximum atomic E-state index is 9.96. The number of benzene rings is 1. The fraction of sp³-hybridized carbons (Fsp3) is 0.308. The molecule has 2 atom stereocenters. The summed E-state index contributed by atoms with van der Waals surface area (Å²) in [6, 6.07) is 18.8. The zero-order valence-electron chi connectivity index (χ0n) is 17.9. The van der Waals surface area contributed by atoms with Crippen molar-refractivity contribution in [2.24, 2.45) is 16.8 Å². The summed E-state index contributed by atoms with van der Waals surface area (Å²) in [4.78, 5) is 16.2. The zero-order valence-corrected chi connectivity index (χ0v) is 17.9. The Morgan fingerprint density at radius 2 is 1.97 bits per heavy atom. The van der Waals surface area contributed by atoms with Crippen molar-refractivity contribution in [3.63, 3.8) is 0 Å². The highest BCUT2D eigenvalue weighted by Gasteiger charge is 2.71. The summed E-state index contributed by atoms with van der Waals surface area (Å²) in [5, 5.41) is 9.96. The summed E-state index contributed by atoms with van der Waals surface area (Å²) in [5.74, 6) is 2.41. The number of aromatic nitrogens is 2. The predicted molar refractivity (Wildman–Crippen MR) is 122 cm³/mol. The molecule has 2 aliphatic heterocycles. The Labute approximate surface area is 187 Å². The Balaban J connectivity index is 1.24. The van der Waals surface area contributed by atoms with E-state index < -0.39 is 5.41 Å². The Morgan fingerprint density at radius 3 is 2.72 bits per heavy atom. The van der Waals surface area contributed by atoms with Crippen LogP contribution in [0.15, 0.2) is 65.9 Å². The number of pyridine rings is 2. The first-order valence-electron chi connectivity index (χ1n) is 11.1. The van der Waals surface area contributed by atoms with Crippen molar-refractivity contribution in [2.75, 3.05) is 24.6 Å². The Morgan fingerprint density at radius 1 is 1.09 bits per heavy atom. The summed E-state index contributed by atoms with van der Waals surface area (Å²) >= 11 is 0. The first kappa shape index (κ1) is 19.0. The number of piperidine rings is 1. The van der Waals surface area contributed by atoms with Crippen molar-refractivity contribution < 1.29 is 4.74 Å². The monoisotopic (exact) mass is 421 g/mol. The van der Waals surface area contributed by atoms with Crippen LogP contribution in [0.2, 0.25) is 0 Å². The van der Waals surface area contributed by atoms with Crippen molar-refractivity contribution in [1.29, 1.82) is 5.26 Å². The van der Waals surface area contributed by atoms with E-state index in [1.807, 2.05) is 43.5 Å². The van der Waals surface area contributed by atoms with Gasteiger partial charge in [0.2, 0.25) is 0 Å². The van der Waals surface area contributed by atoms with Crippen molar-refractivity contribution in [3.8, 4) is 11.8 Å². The molecular formula is C26H23N5O. The molecule has 3 aromatic rings. The molecular weight excluding hydrogens is 398 g/mol. The third-order valence-electron chi connectivity index (χ3n) is 7.05. The van der Waals surface area contributed by atoms with E-state index in [1.165, 1.54) is 5.56 Å². The first-order valence-corrected chi connectivity index (χ1v) is 11.1. The molecule has 1 aromatic carbocycles. The molecule has 158 valence electrons. The van der Waals surface area contributed by atoms with E-state index >= 15 is 0 Å². The van der Waals surface area contributed by atoms with E-state index in [-0.39, 0.29) is 0 Å². The third-order valence-corrected chi connectivity index (χ3v) is 7.05. The maximum absolute atomic E-state index is 9.96. The molecule has 1 saturated carbocycles. The Hall–Kier alpha value is -3.72. The van der Waals surface area contributed by atoms with Gasteiger partial charge in [-0.15, -0.1) is 0 Å². The van der Waals surface area contributed by atoms with E-state index in [9.17, 15) is 5.26 Å². The van der Waals surface area contributed by atoms with Crippen molar-refractivity contribution in [1.82, 2.24) is 9.97 Å². The van der Waals surface area contributed by atoms with Crippen LogP contribution in [0.5, 0.6) is 5.75 Å². The van der Waals surface area contributed by atoms with Gasteiger partial charge in [0.1, 0.15) is 17.0 Å². The molecule has 0 spiro atoms. The number of hydrogen-bond donors (Lipinski definition) is 0. The van der Waals surface area contributed by atoms with E-state index in [0.29, 0.717) is 25.0 Å². The van der Waals surface area contributed by atoms with Gasteiger partial charge in [0.15, 0.2) is 0 Å². The Kier molecular flexibility index (Phi) is 4.25. The molecule has 0 amide bonds. The average molecular weight is 422 g/mol. The number of anilines is 1. The Bertz CT molecular complexity index is 1250. The third kappa shape index (κ3) is 2.74. The van der Waals surface area contributed by atoms with Crippen LogP contribution < -0.4 is 9.64 Å². The number of nitriles is 1. The van der Waals surface area contributed by atoms with E-state index in [4.69, 9.17) is 9.73 Å². The maximum Gasteiger partial charge on any atom is 0.129 e. The smallest absolute Gasteiger partial charge is 0.129 e. The molecule has 2 aromatic heterocycles. The van der Waals surface area contributed by atoms with Crippen LogP contribution in [0.25, 0.3) is 0 Å². The van der Waals surface area contributed by atoms with Crippen LogP contribution in [-0.4, -0.2) is 35.4 Å². The molecule has 0 bridgehead atoms. The number of ether oxygens (including phenoxy) is 1. The second-order valence-electron chi connectivity index (χ2n) is 8.63. The highest BCUT2D eigenvalue weighted by Crippen LogP contribution is 2.63.